The molecular weight excluding hydrogens is 332 g/mol. The maximum absolute atomic E-state index is 11.1. The number of carboxylic acids is 1. The molecule has 1 aromatic carbocycles. The van der Waals surface area contributed by atoms with E-state index in [9.17, 15) is 4.79 Å². The van der Waals surface area contributed by atoms with Gasteiger partial charge in [0.25, 0.3) is 0 Å². The van der Waals surface area contributed by atoms with Gasteiger partial charge in [-0.2, -0.15) is 0 Å². The number of benzene rings is 1. The average molecular weight is 348 g/mol. The van der Waals surface area contributed by atoms with E-state index >= 15 is 0 Å². The molecule has 1 heterocycles. The summed E-state index contributed by atoms with van der Waals surface area (Å²) in [4.78, 5) is 20.3. The van der Waals surface area contributed by atoms with E-state index in [1.807, 2.05) is 30.5 Å². The number of anilines is 1. The predicted molar refractivity (Wildman–Crippen MR) is 94.6 cm³/mol. The maximum atomic E-state index is 11.1. The van der Waals surface area contributed by atoms with E-state index in [-0.39, 0.29) is 11.5 Å². The lowest BCUT2D eigenvalue weighted by Crippen LogP contribution is -2.34. The fraction of sp³-hybridized carbons (Fsp3) is 0.200. The van der Waals surface area contributed by atoms with Crippen LogP contribution in [-0.4, -0.2) is 32.4 Å². The van der Waals surface area contributed by atoms with Gasteiger partial charge in [-0.05, 0) is 42.2 Å². The molecule has 0 spiro atoms. The van der Waals surface area contributed by atoms with Crippen molar-refractivity contribution in [2.45, 2.75) is 17.4 Å². The van der Waals surface area contributed by atoms with Crippen LogP contribution >= 0.6 is 24.0 Å². The lowest BCUT2D eigenvalue weighted by molar-refractivity contribution is -0.137. The fourth-order valence-corrected chi connectivity index (χ4v) is 2.56. The molecule has 8 heteroatoms. The van der Waals surface area contributed by atoms with Crippen molar-refractivity contribution >= 4 is 41.0 Å². The Morgan fingerprint density at radius 2 is 1.96 bits per heavy atom. The third-order valence-electron chi connectivity index (χ3n) is 2.99. The van der Waals surface area contributed by atoms with Gasteiger partial charge in [0.2, 0.25) is 5.95 Å². The van der Waals surface area contributed by atoms with Crippen LogP contribution in [0.4, 0.5) is 5.95 Å². The van der Waals surface area contributed by atoms with Gasteiger partial charge in [0.1, 0.15) is 0 Å². The molecule has 120 valence electrons. The number of hydrogen-bond acceptors (Lipinski definition) is 5. The predicted octanol–water partition coefficient (Wildman–Crippen LogP) is 2.70. The van der Waals surface area contributed by atoms with Crippen LogP contribution in [0.1, 0.15) is 18.0 Å². The number of rotatable bonds is 6. The van der Waals surface area contributed by atoms with Crippen LogP contribution < -0.4 is 10.6 Å². The number of carboxylic acid groups (broad SMARTS) is 1. The van der Waals surface area contributed by atoms with Crippen LogP contribution in [0.15, 0.2) is 47.6 Å². The number of hydrogen-bond donors (Lipinski definition) is 3. The molecule has 0 aliphatic heterocycles. The molecule has 0 aliphatic rings. The summed E-state index contributed by atoms with van der Waals surface area (Å²) >= 11 is 6.84. The molecule has 23 heavy (non-hydrogen) atoms. The highest BCUT2D eigenvalue weighted by Crippen LogP contribution is 2.21. The van der Waals surface area contributed by atoms with Crippen molar-refractivity contribution in [3.63, 3.8) is 0 Å². The Morgan fingerprint density at radius 1 is 1.30 bits per heavy atom. The van der Waals surface area contributed by atoms with Crippen molar-refractivity contribution < 1.29 is 9.90 Å². The van der Waals surface area contributed by atoms with Gasteiger partial charge in [-0.25, -0.2) is 9.97 Å². The molecule has 1 unspecified atom stereocenters. The fourth-order valence-electron chi connectivity index (χ4n) is 1.92. The molecule has 2 rings (SSSR count). The molecule has 0 saturated carbocycles. The summed E-state index contributed by atoms with van der Waals surface area (Å²) in [5.41, 5.74) is 0.850. The lowest BCUT2D eigenvalue weighted by Gasteiger charge is -2.19. The van der Waals surface area contributed by atoms with Crippen molar-refractivity contribution in [2.24, 2.45) is 0 Å². The third-order valence-corrected chi connectivity index (χ3v) is 3.96. The molecule has 3 N–H and O–H groups in total. The Bertz CT molecular complexity index is 665. The van der Waals surface area contributed by atoms with Crippen LogP contribution in [0.5, 0.6) is 0 Å². The van der Waals surface area contributed by atoms with Crippen molar-refractivity contribution in [1.29, 1.82) is 0 Å². The summed E-state index contributed by atoms with van der Waals surface area (Å²) in [7, 11) is 0. The molecule has 1 aromatic heterocycles. The van der Waals surface area contributed by atoms with Crippen molar-refractivity contribution in [2.75, 3.05) is 11.6 Å². The van der Waals surface area contributed by atoms with Crippen LogP contribution in [0, 0.1) is 0 Å². The normalized spacial score (nSPS) is 11.5. The lowest BCUT2D eigenvalue weighted by atomic mass is 10.0. The van der Waals surface area contributed by atoms with Crippen LogP contribution in [0.3, 0.4) is 0 Å². The summed E-state index contributed by atoms with van der Waals surface area (Å²) < 4.78 is 0. The standard InChI is InChI=1S/C15H16N4O2S2/c1-23-11-5-3-10(4-6-11)12(9-13(20)21)18-15(22)19-14-16-7-2-8-17-14/h2-8,12H,9H2,1H3,(H,20,21)(H2,16,17,18,19,22). The van der Waals surface area contributed by atoms with Gasteiger partial charge in [-0.3, -0.25) is 4.79 Å². The number of thiocarbonyl (C=S) groups is 1. The van der Waals surface area contributed by atoms with Crippen molar-refractivity contribution in [3.05, 3.63) is 48.3 Å². The monoisotopic (exact) mass is 348 g/mol. The Kier molecular flexibility index (Phi) is 6.30. The summed E-state index contributed by atoms with van der Waals surface area (Å²) in [5.74, 6) is -0.549. The minimum Gasteiger partial charge on any atom is -0.481 e. The molecule has 0 radical (unpaired) electrons. The molecule has 0 bridgehead atoms. The number of nitrogens with zero attached hydrogens (tertiary/aromatic N) is 2. The molecule has 0 fully saturated rings. The van der Waals surface area contributed by atoms with E-state index in [1.54, 1.807) is 30.2 Å². The Balaban J connectivity index is 2.08. The van der Waals surface area contributed by atoms with Gasteiger partial charge in [0.05, 0.1) is 12.5 Å². The second kappa shape index (κ2) is 8.44. The van der Waals surface area contributed by atoms with E-state index in [2.05, 4.69) is 20.6 Å². The number of aromatic nitrogens is 2. The average Bonchev–Trinajstić information content (AvgIpc) is 2.55. The number of carbonyl (C=O) groups is 1. The zero-order valence-corrected chi connectivity index (χ0v) is 14.0. The van der Waals surface area contributed by atoms with Crippen molar-refractivity contribution in [3.8, 4) is 0 Å². The highest BCUT2D eigenvalue weighted by atomic mass is 32.2. The van der Waals surface area contributed by atoms with E-state index < -0.39 is 12.0 Å². The van der Waals surface area contributed by atoms with Crippen LogP contribution in [0.25, 0.3) is 0 Å². The first-order chi connectivity index (χ1) is 11.1. The minimum absolute atomic E-state index is 0.0872. The Labute approximate surface area is 143 Å². The van der Waals surface area contributed by atoms with Gasteiger partial charge in [0.15, 0.2) is 5.11 Å². The molecule has 0 saturated heterocycles. The summed E-state index contributed by atoms with van der Waals surface area (Å²) in [6.07, 6.45) is 5.08. The first-order valence-electron chi connectivity index (χ1n) is 6.79. The van der Waals surface area contributed by atoms with Gasteiger partial charge in [-0.1, -0.05) is 12.1 Å². The van der Waals surface area contributed by atoms with Gasteiger partial charge < -0.3 is 15.7 Å². The quantitative estimate of drug-likeness (QED) is 0.542. The first kappa shape index (κ1) is 17.2. The largest absolute Gasteiger partial charge is 0.481 e. The molecule has 1 atom stereocenters. The number of thioether (sulfide) groups is 1. The number of nitrogens with one attached hydrogen (secondary N) is 2. The van der Waals surface area contributed by atoms with Crippen LogP contribution in [-0.2, 0) is 4.79 Å². The Hall–Kier alpha value is -2.19. The van der Waals surface area contributed by atoms with Gasteiger partial charge >= 0.3 is 5.97 Å². The smallest absolute Gasteiger partial charge is 0.305 e. The minimum atomic E-state index is -0.907. The molecule has 0 aliphatic carbocycles. The topological polar surface area (TPSA) is 87.1 Å². The van der Waals surface area contributed by atoms with Crippen LogP contribution in [0.2, 0.25) is 0 Å². The molecule has 2 aromatic rings. The number of aliphatic carboxylic acids is 1. The zero-order valence-electron chi connectivity index (χ0n) is 12.4. The summed E-state index contributed by atoms with van der Waals surface area (Å²) in [5, 5.41) is 15.2. The SMILES string of the molecule is CSc1ccc(C(CC(=O)O)NC(=S)Nc2ncccn2)cc1. The van der Waals surface area contributed by atoms with E-state index in [1.165, 1.54) is 0 Å². The van der Waals surface area contributed by atoms with E-state index in [4.69, 9.17) is 17.3 Å². The van der Waals surface area contributed by atoms with E-state index in [0.717, 1.165) is 10.5 Å². The van der Waals surface area contributed by atoms with E-state index in [0.29, 0.717) is 5.95 Å². The second-order valence-electron chi connectivity index (χ2n) is 4.59. The molecular formula is C15H16N4O2S2. The summed E-state index contributed by atoms with van der Waals surface area (Å²) in [6.45, 7) is 0. The molecule has 6 nitrogen and oxygen atoms in total. The van der Waals surface area contributed by atoms with Gasteiger partial charge in [-0.15, -0.1) is 11.8 Å². The van der Waals surface area contributed by atoms with Crippen molar-refractivity contribution in [1.82, 2.24) is 15.3 Å². The first-order valence-corrected chi connectivity index (χ1v) is 8.42. The molecule has 0 amide bonds. The Morgan fingerprint density at radius 3 is 2.52 bits per heavy atom. The summed E-state index contributed by atoms with van der Waals surface area (Å²) in [6, 6.07) is 8.96. The maximum Gasteiger partial charge on any atom is 0.305 e. The second-order valence-corrected chi connectivity index (χ2v) is 5.88. The zero-order chi connectivity index (χ0) is 16.7. The highest BCUT2D eigenvalue weighted by molar-refractivity contribution is 7.98. The highest BCUT2D eigenvalue weighted by Gasteiger charge is 2.17. The third kappa shape index (κ3) is 5.50. The van der Waals surface area contributed by atoms with Gasteiger partial charge in [0, 0.05) is 17.3 Å².